The van der Waals surface area contributed by atoms with Crippen molar-refractivity contribution in [1.29, 1.82) is 0 Å². The minimum atomic E-state index is -0.513. The molecule has 1 saturated carbocycles. The lowest BCUT2D eigenvalue weighted by atomic mass is 9.96. The van der Waals surface area contributed by atoms with Gasteiger partial charge in [0.2, 0.25) is 0 Å². The molecule has 0 aromatic carbocycles. The number of aromatic nitrogens is 2. The summed E-state index contributed by atoms with van der Waals surface area (Å²) in [7, 11) is 1.83. The van der Waals surface area contributed by atoms with Gasteiger partial charge in [0.05, 0.1) is 21.8 Å². The zero-order valence-electron chi connectivity index (χ0n) is 11.6. The van der Waals surface area contributed by atoms with E-state index in [1.807, 2.05) is 20.9 Å². The molecule has 104 valence electrons. The molecule has 1 aliphatic carbocycles. The first-order chi connectivity index (χ1) is 8.87. The molecule has 19 heavy (non-hydrogen) atoms. The van der Waals surface area contributed by atoms with E-state index in [4.69, 9.17) is 18.0 Å². The van der Waals surface area contributed by atoms with Gasteiger partial charge in [-0.15, -0.1) is 0 Å². The van der Waals surface area contributed by atoms with Crippen LogP contribution < -0.4 is 11.1 Å². The van der Waals surface area contributed by atoms with Gasteiger partial charge in [-0.25, -0.2) is 0 Å². The SMILES string of the molecule is Cc1nn(C)c(C)c1C(=O)NC1(C(N)=S)CCCC1. The highest BCUT2D eigenvalue weighted by Gasteiger charge is 2.39. The summed E-state index contributed by atoms with van der Waals surface area (Å²) >= 11 is 5.15. The molecule has 1 aromatic heterocycles. The Labute approximate surface area is 118 Å². The lowest BCUT2D eigenvalue weighted by Gasteiger charge is -2.29. The Morgan fingerprint density at radius 3 is 2.42 bits per heavy atom. The topological polar surface area (TPSA) is 72.9 Å². The molecule has 0 spiro atoms. The van der Waals surface area contributed by atoms with E-state index in [-0.39, 0.29) is 5.91 Å². The molecule has 6 heteroatoms. The van der Waals surface area contributed by atoms with E-state index in [1.165, 1.54) is 0 Å². The fourth-order valence-corrected chi connectivity index (χ4v) is 3.05. The van der Waals surface area contributed by atoms with Crippen LogP contribution in [0.3, 0.4) is 0 Å². The predicted octanol–water partition coefficient (Wildman–Crippen LogP) is 1.37. The first-order valence-electron chi connectivity index (χ1n) is 6.50. The van der Waals surface area contributed by atoms with E-state index in [0.717, 1.165) is 37.1 Å². The third-order valence-corrected chi connectivity index (χ3v) is 4.41. The number of amides is 1. The van der Waals surface area contributed by atoms with Crippen LogP contribution in [0.1, 0.15) is 47.4 Å². The Kier molecular flexibility index (Phi) is 3.62. The molecular weight excluding hydrogens is 260 g/mol. The summed E-state index contributed by atoms with van der Waals surface area (Å²) in [4.78, 5) is 12.9. The maximum atomic E-state index is 12.5. The molecule has 0 bridgehead atoms. The molecule has 5 nitrogen and oxygen atoms in total. The summed E-state index contributed by atoms with van der Waals surface area (Å²) in [5, 5.41) is 7.31. The summed E-state index contributed by atoms with van der Waals surface area (Å²) in [5.41, 5.74) is 7.54. The third-order valence-electron chi connectivity index (χ3n) is 4.02. The number of nitrogens with two attached hydrogens (primary N) is 1. The summed E-state index contributed by atoms with van der Waals surface area (Å²) in [6, 6.07) is 0. The first kappa shape index (κ1) is 14.0. The largest absolute Gasteiger partial charge is 0.391 e. The zero-order valence-corrected chi connectivity index (χ0v) is 12.4. The van der Waals surface area contributed by atoms with E-state index >= 15 is 0 Å². The Morgan fingerprint density at radius 1 is 1.42 bits per heavy atom. The van der Waals surface area contributed by atoms with Gasteiger partial charge >= 0.3 is 0 Å². The van der Waals surface area contributed by atoms with Gasteiger partial charge in [-0.3, -0.25) is 9.48 Å². The standard InChI is InChI=1S/C13H20N4OS/c1-8-10(9(2)17(3)16-8)11(18)15-13(12(14)19)6-4-5-7-13/h4-7H2,1-3H3,(H2,14,19)(H,15,18). The monoisotopic (exact) mass is 280 g/mol. The van der Waals surface area contributed by atoms with Gasteiger partial charge in [-0.2, -0.15) is 5.10 Å². The average Bonchev–Trinajstić information content (AvgIpc) is 2.86. The number of rotatable bonds is 3. The van der Waals surface area contributed by atoms with Crippen LogP contribution in [-0.4, -0.2) is 26.2 Å². The molecule has 0 saturated heterocycles. The molecule has 0 atom stereocenters. The van der Waals surface area contributed by atoms with Crippen molar-refractivity contribution in [2.75, 3.05) is 0 Å². The van der Waals surface area contributed by atoms with Crippen LogP contribution in [0.4, 0.5) is 0 Å². The molecular formula is C13H20N4OS. The van der Waals surface area contributed by atoms with Crippen molar-refractivity contribution < 1.29 is 4.79 Å². The van der Waals surface area contributed by atoms with Crippen LogP contribution in [0.2, 0.25) is 0 Å². The number of carbonyl (C=O) groups is 1. The second-order valence-electron chi connectivity index (χ2n) is 5.28. The van der Waals surface area contributed by atoms with Crippen LogP contribution in [0.5, 0.6) is 0 Å². The minimum Gasteiger partial charge on any atom is -0.391 e. The lowest BCUT2D eigenvalue weighted by Crippen LogP contribution is -2.55. The van der Waals surface area contributed by atoms with Crippen molar-refractivity contribution in [3.05, 3.63) is 17.0 Å². The number of hydrogen-bond acceptors (Lipinski definition) is 3. The smallest absolute Gasteiger partial charge is 0.255 e. The van der Waals surface area contributed by atoms with Gasteiger partial charge in [0.25, 0.3) is 5.91 Å². The van der Waals surface area contributed by atoms with Gasteiger partial charge in [-0.1, -0.05) is 25.1 Å². The number of thiocarbonyl (C=S) groups is 1. The van der Waals surface area contributed by atoms with E-state index < -0.39 is 5.54 Å². The van der Waals surface area contributed by atoms with E-state index in [0.29, 0.717) is 10.6 Å². The molecule has 3 N–H and O–H groups in total. The molecule has 2 rings (SSSR count). The third kappa shape index (κ3) is 2.36. The number of nitrogens with one attached hydrogen (secondary N) is 1. The number of hydrogen-bond donors (Lipinski definition) is 2. The van der Waals surface area contributed by atoms with Gasteiger partial charge in [0.1, 0.15) is 0 Å². The molecule has 1 aromatic rings. The maximum Gasteiger partial charge on any atom is 0.255 e. The van der Waals surface area contributed by atoms with Gasteiger partial charge in [0.15, 0.2) is 0 Å². The predicted molar refractivity (Wildman–Crippen MR) is 78.1 cm³/mol. The van der Waals surface area contributed by atoms with Crippen LogP contribution in [0, 0.1) is 13.8 Å². The molecule has 1 amide bonds. The van der Waals surface area contributed by atoms with E-state index in [9.17, 15) is 4.79 Å². The average molecular weight is 280 g/mol. The van der Waals surface area contributed by atoms with Gasteiger partial charge in [0, 0.05) is 12.7 Å². The first-order valence-corrected chi connectivity index (χ1v) is 6.91. The summed E-state index contributed by atoms with van der Waals surface area (Å²) in [6.45, 7) is 3.72. The highest BCUT2D eigenvalue weighted by molar-refractivity contribution is 7.80. The molecule has 0 aliphatic heterocycles. The molecule has 1 aliphatic rings. The summed E-state index contributed by atoms with van der Waals surface area (Å²) < 4.78 is 1.71. The molecule has 0 radical (unpaired) electrons. The lowest BCUT2D eigenvalue weighted by molar-refractivity contribution is 0.0923. The van der Waals surface area contributed by atoms with Crippen molar-refractivity contribution in [3.8, 4) is 0 Å². The van der Waals surface area contributed by atoms with Crippen molar-refractivity contribution in [2.45, 2.75) is 45.1 Å². The fraction of sp³-hybridized carbons (Fsp3) is 0.615. The van der Waals surface area contributed by atoms with Gasteiger partial charge < -0.3 is 11.1 Å². The quantitative estimate of drug-likeness (QED) is 0.820. The minimum absolute atomic E-state index is 0.127. The normalized spacial score (nSPS) is 17.4. The van der Waals surface area contributed by atoms with Crippen LogP contribution in [0.25, 0.3) is 0 Å². The second kappa shape index (κ2) is 4.92. The Bertz CT molecular complexity index is 529. The molecule has 0 unspecified atom stereocenters. The van der Waals surface area contributed by atoms with Crippen molar-refractivity contribution >= 4 is 23.1 Å². The van der Waals surface area contributed by atoms with Crippen LogP contribution in [0.15, 0.2) is 0 Å². The fourth-order valence-electron chi connectivity index (χ4n) is 2.79. The maximum absolute atomic E-state index is 12.5. The highest BCUT2D eigenvalue weighted by Crippen LogP contribution is 2.30. The van der Waals surface area contributed by atoms with Crippen molar-refractivity contribution in [2.24, 2.45) is 12.8 Å². The Morgan fingerprint density at radius 2 is 2.00 bits per heavy atom. The van der Waals surface area contributed by atoms with E-state index in [2.05, 4.69) is 10.4 Å². The molecule has 1 fully saturated rings. The summed E-state index contributed by atoms with van der Waals surface area (Å²) in [6.07, 6.45) is 3.74. The second-order valence-corrected chi connectivity index (χ2v) is 5.72. The van der Waals surface area contributed by atoms with Crippen molar-refractivity contribution in [3.63, 3.8) is 0 Å². The van der Waals surface area contributed by atoms with E-state index in [1.54, 1.807) is 4.68 Å². The number of aryl methyl sites for hydroxylation is 2. The van der Waals surface area contributed by atoms with Crippen LogP contribution in [-0.2, 0) is 7.05 Å². The zero-order chi connectivity index (χ0) is 14.2. The molecule has 1 heterocycles. The van der Waals surface area contributed by atoms with Gasteiger partial charge in [-0.05, 0) is 26.7 Å². The Balaban J connectivity index is 2.28. The van der Waals surface area contributed by atoms with Crippen LogP contribution >= 0.6 is 12.2 Å². The number of nitrogens with zero attached hydrogens (tertiary/aromatic N) is 2. The Hall–Kier alpha value is -1.43. The highest BCUT2D eigenvalue weighted by atomic mass is 32.1. The summed E-state index contributed by atoms with van der Waals surface area (Å²) in [5.74, 6) is -0.127. The number of carbonyl (C=O) groups excluding carboxylic acids is 1. The van der Waals surface area contributed by atoms with Crippen molar-refractivity contribution in [1.82, 2.24) is 15.1 Å².